The Hall–Kier alpha value is -3.68. The number of rotatable bonds is 7. The number of benzene rings is 2. The van der Waals surface area contributed by atoms with Crippen LogP contribution in [0.1, 0.15) is 16.8 Å². The number of hydrazone groups is 1. The minimum Gasteiger partial charge on any atom is -0.493 e. The second kappa shape index (κ2) is 8.61. The van der Waals surface area contributed by atoms with Gasteiger partial charge in [0.15, 0.2) is 11.5 Å². The summed E-state index contributed by atoms with van der Waals surface area (Å²) in [5.41, 5.74) is 4.35. The number of anilines is 1. The van der Waals surface area contributed by atoms with Gasteiger partial charge in [-0.15, -0.1) is 10.2 Å². The number of aromatic amines is 1. The van der Waals surface area contributed by atoms with Crippen molar-refractivity contribution in [2.45, 2.75) is 13.5 Å². The molecule has 8 heteroatoms. The molecule has 0 spiro atoms. The largest absolute Gasteiger partial charge is 0.493 e. The molecule has 0 saturated heterocycles. The average Bonchev–Trinajstić information content (AvgIpc) is 2.70. The number of hydrogen-bond acceptors (Lipinski definition) is 7. The number of nitrogens with zero attached hydrogens (tertiary/aromatic N) is 3. The van der Waals surface area contributed by atoms with Crippen molar-refractivity contribution in [3.05, 3.63) is 75.7 Å². The van der Waals surface area contributed by atoms with Crippen LogP contribution in [0.25, 0.3) is 0 Å². The van der Waals surface area contributed by atoms with Gasteiger partial charge in [0, 0.05) is 5.56 Å². The van der Waals surface area contributed by atoms with Gasteiger partial charge in [0.05, 0.1) is 13.3 Å². The lowest BCUT2D eigenvalue weighted by molar-refractivity contribution is 0.284. The SMILES string of the molecule is COc1cccc(/C=N/Nc2nnc(C)c(=O)[nH]2)c1OCc1ccccc1. The van der Waals surface area contributed by atoms with E-state index >= 15 is 0 Å². The first kappa shape index (κ1) is 18.1. The molecule has 0 radical (unpaired) electrons. The molecule has 3 rings (SSSR count). The third kappa shape index (κ3) is 4.69. The highest BCUT2D eigenvalue weighted by Crippen LogP contribution is 2.30. The maximum Gasteiger partial charge on any atom is 0.274 e. The van der Waals surface area contributed by atoms with Crippen LogP contribution in [0.4, 0.5) is 5.95 Å². The lowest BCUT2D eigenvalue weighted by atomic mass is 10.2. The van der Waals surface area contributed by atoms with Crippen molar-refractivity contribution in [2.24, 2.45) is 5.10 Å². The fourth-order valence-electron chi connectivity index (χ4n) is 2.29. The lowest BCUT2D eigenvalue weighted by Gasteiger charge is -2.13. The van der Waals surface area contributed by atoms with Gasteiger partial charge < -0.3 is 9.47 Å². The summed E-state index contributed by atoms with van der Waals surface area (Å²) in [6.07, 6.45) is 1.56. The van der Waals surface area contributed by atoms with E-state index in [1.54, 1.807) is 20.2 Å². The Bertz CT molecular complexity index is 986. The summed E-state index contributed by atoms with van der Waals surface area (Å²) >= 11 is 0. The van der Waals surface area contributed by atoms with Crippen molar-refractivity contribution in [3.8, 4) is 11.5 Å². The number of para-hydroxylation sites is 1. The molecule has 0 fully saturated rings. The molecule has 1 heterocycles. The van der Waals surface area contributed by atoms with E-state index in [-0.39, 0.29) is 17.2 Å². The van der Waals surface area contributed by atoms with Crippen LogP contribution in [0.3, 0.4) is 0 Å². The van der Waals surface area contributed by atoms with E-state index in [4.69, 9.17) is 9.47 Å². The maximum atomic E-state index is 11.5. The van der Waals surface area contributed by atoms with Crippen molar-refractivity contribution in [1.82, 2.24) is 15.2 Å². The summed E-state index contributed by atoms with van der Waals surface area (Å²) in [5.74, 6) is 1.31. The first-order chi connectivity index (χ1) is 13.2. The summed E-state index contributed by atoms with van der Waals surface area (Å²) in [4.78, 5) is 14.1. The topological polar surface area (TPSA) is 101 Å². The molecule has 0 aliphatic rings. The highest BCUT2D eigenvalue weighted by Gasteiger charge is 2.09. The van der Waals surface area contributed by atoms with Crippen molar-refractivity contribution >= 4 is 12.2 Å². The van der Waals surface area contributed by atoms with Gasteiger partial charge in [0.25, 0.3) is 5.56 Å². The summed E-state index contributed by atoms with van der Waals surface area (Å²) in [7, 11) is 1.58. The quantitative estimate of drug-likeness (QED) is 0.493. The van der Waals surface area contributed by atoms with Gasteiger partial charge in [0.1, 0.15) is 12.3 Å². The number of methoxy groups -OCH3 is 1. The van der Waals surface area contributed by atoms with E-state index in [0.29, 0.717) is 23.7 Å². The zero-order valence-corrected chi connectivity index (χ0v) is 15.0. The molecule has 0 aliphatic heterocycles. The number of hydrogen-bond donors (Lipinski definition) is 2. The molecule has 138 valence electrons. The fraction of sp³-hybridized carbons (Fsp3) is 0.158. The molecular formula is C19H19N5O3. The van der Waals surface area contributed by atoms with Crippen LogP contribution in [0, 0.1) is 6.92 Å². The Morgan fingerprint density at radius 1 is 1.15 bits per heavy atom. The minimum atomic E-state index is -0.323. The fourth-order valence-corrected chi connectivity index (χ4v) is 2.29. The molecule has 1 aromatic heterocycles. The second-order valence-corrected chi connectivity index (χ2v) is 5.61. The monoisotopic (exact) mass is 365 g/mol. The lowest BCUT2D eigenvalue weighted by Crippen LogP contribution is -2.15. The zero-order chi connectivity index (χ0) is 19.1. The predicted octanol–water partition coefficient (Wildman–Crippen LogP) is 2.51. The van der Waals surface area contributed by atoms with Crippen LogP contribution in [0.5, 0.6) is 11.5 Å². The average molecular weight is 365 g/mol. The third-order valence-corrected chi connectivity index (χ3v) is 3.69. The van der Waals surface area contributed by atoms with Gasteiger partial charge in [-0.2, -0.15) is 5.10 Å². The van der Waals surface area contributed by atoms with Gasteiger partial charge in [-0.05, 0) is 24.6 Å². The van der Waals surface area contributed by atoms with E-state index in [9.17, 15) is 4.79 Å². The highest BCUT2D eigenvalue weighted by atomic mass is 16.5. The van der Waals surface area contributed by atoms with E-state index in [1.165, 1.54) is 0 Å². The van der Waals surface area contributed by atoms with E-state index < -0.39 is 0 Å². The molecule has 0 bridgehead atoms. The molecule has 0 unspecified atom stereocenters. The molecule has 0 saturated carbocycles. The van der Waals surface area contributed by atoms with Crippen molar-refractivity contribution in [2.75, 3.05) is 12.5 Å². The molecular weight excluding hydrogens is 346 g/mol. The van der Waals surface area contributed by atoms with Crippen LogP contribution in [-0.4, -0.2) is 28.5 Å². The number of aromatic nitrogens is 3. The Labute approximate surface area is 155 Å². The third-order valence-electron chi connectivity index (χ3n) is 3.69. The van der Waals surface area contributed by atoms with Crippen molar-refractivity contribution in [1.29, 1.82) is 0 Å². The smallest absolute Gasteiger partial charge is 0.274 e. The first-order valence-corrected chi connectivity index (χ1v) is 8.24. The van der Waals surface area contributed by atoms with Gasteiger partial charge in [0.2, 0.25) is 5.95 Å². The number of H-pyrrole nitrogens is 1. The summed E-state index contributed by atoms with van der Waals surface area (Å²) in [5, 5.41) is 11.6. The van der Waals surface area contributed by atoms with Crippen molar-refractivity contribution in [3.63, 3.8) is 0 Å². The van der Waals surface area contributed by atoms with Gasteiger partial charge in [-0.1, -0.05) is 36.4 Å². The van der Waals surface area contributed by atoms with Crippen LogP contribution < -0.4 is 20.5 Å². The first-order valence-electron chi connectivity index (χ1n) is 8.24. The maximum absolute atomic E-state index is 11.5. The molecule has 0 aliphatic carbocycles. The van der Waals surface area contributed by atoms with Crippen LogP contribution >= 0.6 is 0 Å². The Morgan fingerprint density at radius 3 is 2.70 bits per heavy atom. The van der Waals surface area contributed by atoms with Gasteiger partial charge in [-0.3, -0.25) is 9.78 Å². The molecule has 8 nitrogen and oxygen atoms in total. The second-order valence-electron chi connectivity index (χ2n) is 5.61. The normalized spacial score (nSPS) is 10.7. The summed E-state index contributed by atoms with van der Waals surface area (Å²) in [6, 6.07) is 15.3. The number of ether oxygens (including phenoxy) is 2. The highest BCUT2D eigenvalue weighted by molar-refractivity contribution is 5.85. The van der Waals surface area contributed by atoms with Crippen LogP contribution in [-0.2, 0) is 6.61 Å². The number of aryl methyl sites for hydroxylation is 1. The van der Waals surface area contributed by atoms with E-state index in [1.807, 2.05) is 48.5 Å². The van der Waals surface area contributed by atoms with Gasteiger partial charge >= 0.3 is 0 Å². The van der Waals surface area contributed by atoms with E-state index in [0.717, 1.165) is 5.56 Å². The Kier molecular flexibility index (Phi) is 5.78. The molecule has 2 aromatic carbocycles. The predicted molar refractivity (Wildman–Crippen MR) is 102 cm³/mol. The molecule has 27 heavy (non-hydrogen) atoms. The molecule has 2 N–H and O–H groups in total. The zero-order valence-electron chi connectivity index (χ0n) is 15.0. The van der Waals surface area contributed by atoms with Crippen LogP contribution in [0.15, 0.2) is 58.4 Å². The Balaban J connectivity index is 1.77. The number of nitrogens with one attached hydrogen (secondary N) is 2. The molecule has 3 aromatic rings. The Morgan fingerprint density at radius 2 is 1.96 bits per heavy atom. The standard InChI is InChI=1S/C19H19N5O3/c1-13-18(25)21-19(24-22-13)23-20-11-15-9-6-10-16(26-2)17(15)27-12-14-7-4-3-5-8-14/h3-11H,12H2,1-2H3,(H2,21,23,24,25)/b20-11+. The van der Waals surface area contributed by atoms with Crippen LogP contribution in [0.2, 0.25) is 0 Å². The molecule has 0 atom stereocenters. The summed E-state index contributed by atoms with van der Waals surface area (Å²) in [6.45, 7) is 1.97. The van der Waals surface area contributed by atoms with E-state index in [2.05, 4.69) is 25.7 Å². The molecule has 0 amide bonds. The van der Waals surface area contributed by atoms with Crippen molar-refractivity contribution < 1.29 is 9.47 Å². The summed E-state index contributed by atoms with van der Waals surface area (Å²) < 4.78 is 11.3. The van der Waals surface area contributed by atoms with Gasteiger partial charge in [-0.25, -0.2) is 5.43 Å². The minimum absolute atomic E-state index is 0.150.